The number of hydrogen-bond donors (Lipinski definition) is 1. The SMILES string of the molecule is O=C1C[C@@H](c2ccccc2)[C@H]2C[C@@H]1[C@H](c1ccccc1)C[C@H]2O. The Bertz CT molecular complexity index is 642. The molecule has 1 N–H and O–H groups in total. The first-order valence-electron chi connectivity index (χ1n) is 8.54. The number of benzene rings is 2. The van der Waals surface area contributed by atoms with E-state index >= 15 is 0 Å². The van der Waals surface area contributed by atoms with E-state index in [4.69, 9.17) is 0 Å². The highest BCUT2D eigenvalue weighted by Gasteiger charge is 2.48. The molecular weight excluding hydrogens is 284 g/mol. The van der Waals surface area contributed by atoms with Crippen LogP contribution in [0.2, 0.25) is 0 Å². The summed E-state index contributed by atoms with van der Waals surface area (Å²) in [4.78, 5) is 12.8. The van der Waals surface area contributed by atoms with Crippen LogP contribution in [0, 0.1) is 11.8 Å². The third kappa shape index (κ3) is 2.61. The van der Waals surface area contributed by atoms with Gasteiger partial charge in [-0.05, 0) is 41.7 Å². The number of rotatable bonds is 2. The van der Waals surface area contributed by atoms with Gasteiger partial charge < -0.3 is 5.11 Å². The summed E-state index contributed by atoms with van der Waals surface area (Å²) < 4.78 is 0. The maximum atomic E-state index is 12.8. The molecule has 2 bridgehead atoms. The van der Waals surface area contributed by atoms with E-state index in [0.29, 0.717) is 18.6 Å². The molecule has 5 atom stereocenters. The van der Waals surface area contributed by atoms with Gasteiger partial charge in [0.15, 0.2) is 0 Å². The lowest BCUT2D eigenvalue weighted by molar-refractivity contribution is -0.132. The summed E-state index contributed by atoms with van der Waals surface area (Å²) in [5.41, 5.74) is 2.39. The summed E-state index contributed by atoms with van der Waals surface area (Å²) in [6.07, 6.45) is 1.77. The Morgan fingerprint density at radius 3 is 1.91 bits per heavy atom. The molecule has 2 aliphatic rings. The second-order valence-corrected chi connectivity index (χ2v) is 7.01. The summed E-state index contributed by atoms with van der Waals surface area (Å²) in [5, 5.41) is 10.8. The molecule has 0 aromatic heterocycles. The summed E-state index contributed by atoms with van der Waals surface area (Å²) in [7, 11) is 0. The minimum absolute atomic E-state index is 0.0748. The van der Waals surface area contributed by atoms with Gasteiger partial charge in [0.1, 0.15) is 5.78 Å². The summed E-state index contributed by atoms with van der Waals surface area (Å²) in [6.45, 7) is 0. The third-order valence-corrected chi connectivity index (χ3v) is 5.81. The van der Waals surface area contributed by atoms with E-state index in [1.807, 2.05) is 36.4 Å². The molecule has 2 fully saturated rings. The largest absolute Gasteiger partial charge is 0.393 e. The molecule has 2 nitrogen and oxygen atoms in total. The molecule has 118 valence electrons. The number of ketones is 1. The zero-order chi connectivity index (χ0) is 15.8. The average Bonchev–Trinajstić information content (AvgIpc) is 2.61. The number of Topliss-reactive ketones (excluding diaryl/α,β-unsaturated/α-hetero) is 1. The second-order valence-electron chi connectivity index (χ2n) is 7.01. The summed E-state index contributed by atoms with van der Waals surface area (Å²) in [5.74, 6) is 1.00. The highest BCUT2D eigenvalue weighted by molar-refractivity contribution is 5.84. The van der Waals surface area contributed by atoms with Crippen LogP contribution in [0.1, 0.15) is 42.2 Å². The van der Waals surface area contributed by atoms with Crippen LogP contribution in [0.4, 0.5) is 0 Å². The van der Waals surface area contributed by atoms with Gasteiger partial charge in [0.2, 0.25) is 0 Å². The van der Waals surface area contributed by atoms with Crippen LogP contribution in [0.3, 0.4) is 0 Å². The topological polar surface area (TPSA) is 37.3 Å². The van der Waals surface area contributed by atoms with Crippen molar-refractivity contribution in [2.45, 2.75) is 37.2 Å². The molecule has 0 amide bonds. The Kier molecular flexibility index (Phi) is 3.78. The van der Waals surface area contributed by atoms with E-state index in [-0.39, 0.29) is 29.8 Å². The predicted octanol–water partition coefficient (Wildman–Crippen LogP) is 3.91. The van der Waals surface area contributed by atoms with Crippen molar-refractivity contribution < 1.29 is 9.90 Å². The van der Waals surface area contributed by atoms with Gasteiger partial charge in [-0.2, -0.15) is 0 Å². The smallest absolute Gasteiger partial charge is 0.137 e. The maximum Gasteiger partial charge on any atom is 0.137 e. The Morgan fingerprint density at radius 2 is 1.30 bits per heavy atom. The summed E-state index contributed by atoms with van der Waals surface area (Å²) in [6, 6.07) is 20.5. The van der Waals surface area contributed by atoms with Crippen molar-refractivity contribution in [2.24, 2.45) is 11.8 Å². The van der Waals surface area contributed by atoms with Crippen LogP contribution in [0.15, 0.2) is 60.7 Å². The lowest BCUT2D eigenvalue weighted by atomic mass is 9.58. The third-order valence-electron chi connectivity index (χ3n) is 5.81. The lowest BCUT2D eigenvalue weighted by Crippen LogP contribution is -2.45. The molecule has 2 aliphatic carbocycles. The van der Waals surface area contributed by atoms with E-state index in [0.717, 1.165) is 6.42 Å². The predicted molar refractivity (Wildman–Crippen MR) is 90.2 cm³/mol. The zero-order valence-electron chi connectivity index (χ0n) is 13.1. The Balaban J connectivity index is 1.64. The fourth-order valence-corrected chi connectivity index (χ4v) is 4.66. The number of carbonyl (C=O) groups is 1. The van der Waals surface area contributed by atoms with Gasteiger partial charge in [-0.3, -0.25) is 4.79 Å². The second kappa shape index (κ2) is 5.93. The van der Waals surface area contributed by atoms with Crippen molar-refractivity contribution in [3.8, 4) is 0 Å². The van der Waals surface area contributed by atoms with Gasteiger partial charge in [-0.15, -0.1) is 0 Å². The summed E-state index contributed by atoms with van der Waals surface area (Å²) >= 11 is 0. The highest BCUT2D eigenvalue weighted by Crippen LogP contribution is 2.51. The van der Waals surface area contributed by atoms with E-state index in [9.17, 15) is 9.90 Å². The van der Waals surface area contributed by atoms with Gasteiger partial charge >= 0.3 is 0 Å². The molecule has 0 radical (unpaired) electrons. The molecule has 2 aromatic carbocycles. The van der Waals surface area contributed by atoms with Crippen molar-refractivity contribution in [3.05, 3.63) is 71.8 Å². The van der Waals surface area contributed by atoms with Gasteiger partial charge in [-0.1, -0.05) is 60.7 Å². The van der Waals surface area contributed by atoms with E-state index < -0.39 is 0 Å². The fraction of sp³-hybridized carbons (Fsp3) is 0.381. The number of fused-ring (bicyclic) bond motifs is 2. The minimum atomic E-state index is -0.324. The van der Waals surface area contributed by atoms with Crippen LogP contribution >= 0.6 is 0 Å². The molecule has 0 aliphatic heterocycles. The van der Waals surface area contributed by atoms with E-state index in [2.05, 4.69) is 24.3 Å². The van der Waals surface area contributed by atoms with Crippen LogP contribution in [0.5, 0.6) is 0 Å². The van der Waals surface area contributed by atoms with Crippen LogP contribution < -0.4 is 0 Å². The van der Waals surface area contributed by atoms with Crippen LogP contribution in [-0.4, -0.2) is 17.0 Å². The Hall–Kier alpha value is -1.93. The molecule has 2 aromatic rings. The lowest BCUT2D eigenvalue weighted by Gasteiger charge is -2.46. The van der Waals surface area contributed by atoms with E-state index in [1.165, 1.54) is 11.1 Å². The Labute approximate surface area is 137 Å². The first-order valence-corrected chi connectivity index (χ1v) is 8.54. The van der Waals surface area contributed by atoms with Crippen LogP contribution in [0.25, 0.3) is 0 Å². The molecule has 0 unspecified atom stereocenters. The Morgan fingerprint density at radius 1 is 0.739 bits per heavy atom. The molecule has 0 saturated heterocycles. The molecule has 0 spiro atoms. The van der Waals surface area contributed by atoms with Crippen molar-refractivity contribution in [2.75, 3.05) is 0 Å². The number of carbonyl (C=O) groups excluding carboxylic acids is 1. The highest BCUT2D eigenvalue weighted by atomic mass is 16.3. The first kappa shape index (κ1) is 14.6. The van der Waals surface area contributed by atoms with Gasteiger partial charge in [0.05, 0.1) is 6.10 Å². The molecule has 0 heterocycles. The quantitative estimate of drug-likeness (QED) is 0.913. The first-order chi connectivity index (χ1) is 11.2. The van der Waals surface area contributed by atoms with Crippen molar-refractivity contribution >= 4 is 5.78 Å². The normalized spacial score (nSPS) is 33.4. The average molecular weight is 306 g/mol. The standard InChI is InChI=1S/C21H22O2/c22-20-12-16(14-7-3-1-4-8-14)18-11-19(20)17(13-21(18)23)15-9-5-2-6-10-15/h1-10,16-20,22H,11-13H2/t16-,17-,18+,19+,20+/m0/s1. The molecule has 23 heavy (non-hydrogen) atoms. The molecule has 4 rings (SSSR count). The van der Waals surface area contributed by atoms with Crippen molar-refractivity contribution in [3.63, 3.8) is 0 Å². The fourth-order valence-electron chi connectivity index (χ4n) is 4.66. The van der Waals surface area contributed by atoms with Crippen molar-refractivity contribution in [1.82, 2.24) is 0 Å². The molecule has 2 heteroatoms. The van der Waals surface area contributed by atoms with E-state index in [1.54, 1.807) is 0 Å². The zero-order valence-corrected chi connectivity index (χ0v) is 13.1. The van der Waals surface area contributed by atoms with Gasteiger partial charge in [0, 0.05) is 12.3 Å². The molecular formula is C21H22O2. The van der Waals surface area contributed by atoms with Gasteiger partial charge in [-0.25, -0.2) is 0 Å². The van der Waals surface area contributed by atoms with Crippen molar-refractivity contribution in [1.29, 1.82) is 0 Å². The van der Waals surface area contributed by atoms with Gasteiger partial charge in [0.25, 0.3) is 0 Å². The van der Waals surface area contributed by atoms with Crippen LogP contribution in [-0.2, 0) is 4.79 Å². The number of hydrogen-bond acceptors (Lipinski definition) is 2. The number of aliphatic hydroxyl groups excluding tert-OH is 1. The molecule has 2 saturated carbocycles. The number of aliphatic hydroxyl groups is 1. The maximum absolute atomic E-state index is 12.8. The monoisotopic (exact) mass is 306 g/mol. The minimum Gasteiger partial charge on any atom is -0.393 e.